The summed E-state index contributed by atoms with van der Waals surface area (Å²) in [4.78, 5) is 0. The molecular weight excluding hydrogens is 636 g/mol. The molecule has 1 N–H and O–H groups in total. The maximum absolute atomic E-state index is 14.1. The molecule has 0 bridgehead atoms. The minimum absolute atomic E-state index is 0.0785. The van der Waals surface area contributed by atoms with E-state index in [9.17, 15) is 70.2 Å². The van der Waals surface area contributed by atoms with Gasteiger partial charge in [0.2, 0.25) is 0 Å². The van der Waals surface area contributed by atoms with Crippen molar-refractivity contribution in [1.82, 2.24) is 0 Å². The summed E-state index contributed by atoms with van der Waals surface area (Å²) in [5.74, 6) is -62.2. The van der Waals surface area contributed by atoms with E-state index in [1.807, 2.05) is 13.8 Å². The van der Waals surface area contributed by atoms with Crippen molar-refractivity contribution >= 4 is 0 Å². The molecule has 0 aromatic rings. The highest BCUT2D eigenvalue weighted by atomic mass is 19.4. The number of alkyl halides is 16. The zero-order valence-corrected chi connectivity index (χ0v) is 23.4. The SMILES string of the molecule is CCCCCCC(CCCCCC)CCOCC(F)(F)C(F)(F)C(F)(F)C(F)(F)C(F)(F)C(F)(F)C(F)(F)C(F)(F)CO. The Balaban J connectivity index is 5.84. The van der Waals surface area contributed by atoms with Gasteiger partial charge < -0.3 is 9.84 Å². The highest BCUT2D eigenvalue weighted by Crippen LogP contribution is 2.63. The number of aliphatic hydroxyl groups excluding tert-OH is 1. The van der Waals surface area contributed by atoms with Gasteiger partial charge >= 0.3 is 47.4 Å². The fourth-order valence-electron chi connectivity index (χ4n) is 4.04. The third-order valence-corrected chi connectivity index (χ3v) is 6.97. The quantitative estimate of drug-likeness (QED) is 0.0865. The normalized spacial score (nSPS) is 15.1. The van der Waals surface area contributed by atoms with Crippen LogP contribution < -0.4 is 0 Å². The predicted molar refractivity (Wildman–Crippen MR) is 123 cm³/mol. The molecule has 0 radical (unpaired) electrons. The van der Waals surface area contributed by atoms with Crippen molar-refractivity contribution in [2.24, 2.45) is 5.92 Å². The van der Waals surface area contributed by atoms with Crippen LogP contribution in [0, 0.1) is 5.92 Å². The summed E-state index contributed by atoms with van der Waals surface area (Å²) in [6.45, 7) is -3.15. The summed E-state index contributed by atoms with van der Waals surface area (Å²) in [5.41, 5.74) is 0. The third kappa shape index (κ3) is 8.54. The van der Waals surface area contributed by atoms with Crippen LogP contribution in [0.15, 0.2) is 0 Å². The van der Waals surface area contributed by atoms with Crippen molar-refractivity contribution in [1.29, 1.82) is 0 Å². The van der Waals surface area contributed by atoms with Crippen LogP contribution >= 0.6 is 0 Å². The molecule has 0 saturated heterocycles. The second-order valence-electron chi connectivity index (χ2n) is 10.4. The number of ether oxygens (including phenoxy) is 1. The standard InChI is InChI=1S/C25H36F16O2/c1-3-5-7-9-11-17(12-10-8-6-4-2)13-14-43-16-19(28,29)21(32,33)23(36,37)25(40,41)24(38,39)22(34,35)20(30,31)18(26,27)15-42/h17,42H,3-16H2,1-2H3. The molecule has 0 saturated carbocycles. The Labute approximate surface area is 238 Å². The molecule has 0 fully saturated rings. The number of halogens is 16. The Hall–Kier alpha value is -1.20. The van der Waals surface area contributed by atoms with E-state index in [0.717, 1.165) is 38.5 Å². The lowest BCUT2D eigenvalue weighted by atomic mass is 9.88. The lowest BCUT2D eigenvalue weighted by Gasteiger charge is -2.43. The molecule has 0 atom stereocenters. The first-order valence-electron chi connectivity index (χ1n) is 13.5. The van der Waals surface area contributed by atoms with E-state index in [-0.39, 0.29) is 12.3 Å². The molecule has 0 aromatic carbocycles. The van der Waals surface area contributed by atoms with Gasteiger partial charge in [0.05, 0.1) is 0 Å². The molecular formula is C25H36F16O2. The van der Waals surface area contributed by atoms with Gasteiger partial charge in [0.1, 0.15) is 13.2 Å². The predicted octanol–water partition coefficient (Wildman–Crippen LogP) is 10.0. The summed E-state index contributed by atoms with van der Waals surface area (Å²) in [6, 6.07) is 0. The fraction of sp³-hybridized carbons (Fsp3) is 1.00. The second kappa shape index (κ2) is 15.4. The number of hydrogen-bond acceptors (Lipinski definition) is 2. The summed E-state index contributed by atoms with van der Waals surface area (Å²) in [7, 11) is 0. The van der Waals surface area contributed by atoms with E-state index in [0.29, 0.717) is 25.7 Å². The summed E-state index contributed by atoms with van der Waals surface area (Å²) in [6.07, 6.45) is 7.57. The largest absolute Gasteiger partial charge is 0.390 e. The van der Waals surface area contributed by atoms with Crippen LogP contribution in [-0.2, 0) is 4.74 Å². The lowest BCUT2D eigenvalue weighted by molar-refractivity contribution is -0.455. The van der Waals surface area contributed by atoms with Gasteiger partial charge in [-0.2, -0.15) is 70.2 Å². The van der Waals surface area contributed by atoms with E-state index in [1.165, 1.54) is 0 Å². The van der Waals surface area contributed by atoms with Crippen molar-refractivity contribution in [3.63, 3.8) is 0 Å². The van der Waals surface area contributed by atoms with Gasteiger partial charge in [-0.05, 0) is 12.3 Å². The highest BCUT2D eigenvalue weighted by Gasteiger charge is 2.94. The molecule has 43 heavy (non-hydrogen) atoms. The Morgan fingerprint density at radius 2 is 0.814 bits per heavy atom. The molecule has 0 aliphatic rings. The van der Waals surface area contributed by atoms with Crippen LogP contribution in [-0.4, -0.2) is 72.3 Å². The first-order valence-corrected chi connectivity index (χ1v) is 13.5. The summed E-state index contributed by atoms with van der Waals surface area (Å²) >= 11 is 0. The van der Waals surface area contributed by atoms with Crippen molar-refractivity contribution in [2.45, 2.75) is 132 Å². The van der Waals surface area contributed by atoms with Gasteiger partial charge in [0, 0.05) is 6.61 Å². The number of rotatable bonds is 23. The van der Waals surface area contributed by atoms with E-state index >= 15 is 0 Å². The van der Waals surface area contributed by atoms with Crippen molar-refractivity contribution in [2.75, 3.05) is 19.8 Å². The Morgan fingerprint density at radius 3 is 1.16 bits per heavy atom. The fourth-order valence-corrected chi connectivity index (χ4v) is 4.04. The zero-order valence-electron chi connectivity index (χ0n) is 23.4. The van der Waals surface area contributed by atoms with Crippen LogP contribution in [0.4, 0.5) is 70.2 Å². The third-order valence-electron chi connectivity index (χ3n) is 6.97. The molecule has 2 nitrogen and oxygen atoms in total. The topological polar surface area (TPSA) is 29.5 Å². The van der Waals surface area contributed by atoms with Gasteiger partial charge in [0.15, 0.2) is 0 Å². The van der Waals surface area contributed by atoms with E-state index in [2.05, 4.69) is 4.74 Å². The molecule has 0 aliphatic heterocycles. The maximum atomic E-state index is 14.1. The van der Waals surface area contributed by atoms with Gasteiger partial charge in [-0.15, -0.1) is 0 Å². The Kier molecular flexibility index (Phi) is 15.0. The van der Waals surface area contributed by atoms with Crippen LogP contribution in [0.5, 0.6) is 0 Å². The van der Waals surface area contributed by atoms with Crippen molar-refractivity contribution in [3.05, 3.63) is 0 Å². The molecule has 0 aliphatic carbocycles. The van der Waals surface area contributed by atoms with Crippen LogP contribution in [0.1, 0.15) is 84.5 Å². The van der Waals surface area contributed by atoms with E-state index in [1.54, 1.807) is 0 Å². The number of unbranched alkanes of at least 4 members (excludes halogenated alkanes) is 6. The molecule has 0 amide bonds. The number of hydrogen-bond donors (Lipinski definition) is 1. The number of aliphatic hydroxyl groups is 1. The maximum Gasteiger partial charge on any atom is 0.385 e. The summed E-state index contributed by atoms with van der Waals surface area (Å²) in [5, 5.41) is 8.05. The van der Waals surface area contributed by atoms with Gasteiger partial charge in [-0.1, -0.05) is 78.1 Å². The minimum Gasteiger partial charge on any atom is -0.390 e. The van der Waals surface area contributed by atoms with Crippen molar-refractivity contribution < 1.29 is 80.1 Å². The van der Waals surface area contributed by atoms with E-state index in [4.69, 9.17) is 5.11 Å². The molecule has 0 unspecified atom stereocenters. The van der Waals surface area contributed by atoms with Crippen LogP contribution in [0.3, 0.4) is 0 Å². The minimum atomic E-state index is -8.49. The first kappa shape index (κ1) is 41.8. The average Bonchev–Trinajstić information content (AvgIpc) is 2.89. The van der Waals surface area contributed by atoms with E-state index < -0.39 is 67.2 Å². The van der Waals surface area contributed by atoms with Crippen molar-refractivity contribution in [3.8, 4) is 0 Å². The zero-order chi connectivity index (χ0) is 34.2. The molecule has 260 valence electrons. The lowest BCUT2D eigenvalue weighted by Crippen LogP contribution is -2.75. The molecule has 0 aromatic heterocycles. The smallest absolute Gasteiger partial charge is 0.385 e. The van der Waals surface area contributed by atoms with Gasteiger partial charge in [0.25, 0.3) is 0 Å². The molecule has 0 rings (SSSR count). The average molecular weight is 673 g/mol. The van der Waals surface area contributed by atoms with Gasteiger partial charge in [-0.25, -0.2) is 0 Å². The Bertz CT molecular complexity index is 805. The van der Waals surface area contributed by atoms with Crippen LogP contribution in [0.25, 0.3) is 0 Å². The second-order valence-corrected chi connectivity index (χ2v) is 10.4. The highest BCUT2D eigenvalue weighted by molar-refractivity contribution is 5.15. The first-order chi connectivity index (χ1) is 19.3. The monoisotopic (exact) mass is 672 g/mol. The molecule has 0 spiro atoms. The van der Waals surface area contributed by atoms with Crippen LogP contribution in [0.2, 0.25) is 0 Å². The molecule has 18 heteroatoms. The Morgan fingerprint density at radius 1 is 0.465 bits per heavy atom. The molecule has 0 heterocycles. The van der Waals surface area contributed by atoms with Gasteiger partial charge in [-0.3, -0.25) is 0 Å². The summed E-state index contributed by atoms with van der Waals surface area (Å²) < 4.78 is 224.